The van der Waals surface area contributed by atoms with Gasteiger partial charge in [-0.15, -0.1) is 0 Å². The van der Waals surface area contributed by atoms with E-state index in [0.29, 0.717) is 5.69 Å². The van der Waals surface area contributed by atoms with Gasteiger partial charge in [0.05, 0.1) is 16.0 Å². The lowest BCUT2D eigenvalue weighted by molar-refractivity contribution is -0.384. The van der Waals surface area contributed by atoms with Crippen LogP contribution in [0.1, 0.15) is 12.5 Å². The van der Waals surface area contributed by atoms with Crippen molar-refractivity contribution >= 4 is 55.1 Å². The number of anilines is 2. The zero-order valence-corrected chi connectivity index (χ0v) is 20.6. The zero-order valence-electron chi connectivity index (χ0n) is 19.8. The third kappa shape index (κ3) is 4.74. The normalized spacial score (nSPS) is 11.8. The quantitative estimate of drug-likeness (QED) is 0.151. The van der Waals surface area contributed by atoms with E-state index in [1.54, 1.807) is 36.5 Å². The van der Waals surface area contributed by atoms with Gasteiger partial charge in [-0.2, -0.15) is 5.10 Å². The van der Waals surface area contributed by atoms with Crippen LogP contribution < -0.4 is 10.1 Å². The first-order valence-corrected chi connectivity index (χ1v) is 13.0. The number of fused-ring (bicyclic) bond motifs is 3. The van der Waals surface area contributed by atoms with E-state index in [2.05, 4.69) is 38.9 Å². The summed E-state index contributed by atoms with van der Waals surface area (Å²) in [4.78, 5) is 10.8. The Morgan fingerprint density at radius 3 is 2.41 bits per heavy atom. The minimum absolute atomic E-state index is 0.0728. The molecule has 1 aromatic heterocycles. The maximum Gasteiger partial charge on any atom is 0.295 e. The van der Waals surface area contributed by atoms with Gasteiger partial charge in [-0.25, -0.2) is 8.42 Å². The number of nitrogens with zero attached hydrogens (tertiary/aromatic N) is 3. The molecule has 0 fully saturated rings. The second kappa shape index (κ2) is 9.75. The van der Waals surface area contributed by atoms with Gasteiger partial charge < -0.3 is 4.57 Å². The molecule has 4 aromatic carbocycles. The molecule has 0 bridgehead atoms. The monoisotopic (exact) mass is 513 g/mol. The van der Waals surface area contributed by atoms with Crippen LogP contribution in [0.5, 0.6) is 0 Å². The first-order valence-electron chi connectivity index (χ1n) is 11.5. The van der Waals surface area contributed by atoms with Crippen molar-refractivity contribution in [1.82, 2.24) is 4.57 Å². The number of hydrogen-bond acceptors (Lipinski definition) is 6. The van der Waals surface area contributed by atoms with E-state index in [9.17, 15) is 18.5 Å². The Bertz CT molecular complexity index is 1760. The highest BCUT2D eigenvalue weighted by Gasteiger charge is 2.21. The van der Waals surface area contributed by atoms with Gasteiger partial charge in [-0.05, 0) is 55.0 Å². The molecule has 0 amide bonds. The number of para-hydroxylation sites is 2. The van der Waals surface area contributed by atoms with Crippen LogP contribution in [0.2, 0.25) is 0 Å². The molecule has 0 saturated heterocycles. The van der Waals surface area contributed by atoms with E-state index in [4.69, 9.17) is 0 Å². The molecule has 37 heavy (non-hydrogen) atoms. The van der Waals surface area contributed by atoms with E-state index in [0.717, 1.165) is 40.0 Å². The molecule has 0 radical (unpaired) electrons. The number of nitrogens with one attached hydrogen (secondary N) is 2. The number of sulfonamides is 1. The Morgan fingerprint density at radius 2 is 1.65 bits per heavy atom. The highest BCUT2D eigenvalue weighted by molar-refractivity contribution is 7.92. The molecule has 9 nitrogen and oxygen atoms in total. The van der Waals surface area contributed by atoms with Gasteiger partial charge in [0.25, 0.3) is 15.7 Å². The van der Waals surface area contributed by atoms with Gasteiger partial charge in [0.2, 0.25) is 0 Å². The molecule has 0 aliphatic rings. The summed E-state index contributed by atoms with van der Waals surface area (Å²) in [6.07, 6.45) is 1.57. The van der Waals surface area contributed by atoms with Crippen LogP contribution in [0.4, 0.5) is 17.1 Å². The topological polar surface area (TPSA) is 119 Å². The summed E-state index contributed by atoms with van der Waals surface area (Å²) >= 11 is 0. The van der Waals surface area contributed by atoms with Crippen molar-refractivity contribution in [2.75, 3.05) is 10.1 Å². The summed E-state index contributed by atoms with van der Waals surface area (Å²) in [5, 5.41) is 18.1. The first kappa shape index (κ1) is 24.0. The van der Waals surface area contributed by atoms with E-state index in [-0.39, 0.29) is 10.6 Å². The van der Waals surface area contributed by atoms with Gasteiger partial charge in [0.15, 0.2) is 0 Å². The molecule has 0 aliphatic carbocycles. The molecule has 5 rings (SSSR count). The summed E-state index contributed by atoms with van der Waals surface area (Å²) < 4.78 is 30.1. The molecule has 2 N–H and O–H groups in total. The fourth-order valence-electron chi connectivity index (χ4n) is 4.31. The Morgan fingerprint density at radius 1 is 0.919 bits per heavy atom. The minimum Gasteiger partial charge on any atom is -0.341 e. The van der Waals surface area contributed by atoms with Gasteiger partial charge in [-0.3, -0.25) is 20.3 Å². The number of hydrogen-bond donors (Lipinski definition) is 2. The maximum atomic E-state index is 12.7. The number of hydrazone groups is 1. The summed E-state index contributed by atoms with van der Waals surface area (Å²) in [6.45, 7) is 2.95. The average molecular weight is 514 g/mol. The van der Waals surface area contributed by atoms with E-state index < -0.39 is 20.6 Å². The molecule has 186 valence electrons. The predicted molar refractivity (Wildman–Crippen MR) is 147 cm³/mol. The number of rotatable bonds is 8. The van der Waals surface area contributed by atoms with Crippen LogP contribution in [0.3, 0.4) is 0 Å². The Kier molecular flexibility index (Phi) is 6.33. The molecular weight excluding hydrogens is 490 g/mol. The molecular formula is C27H23N5O4S. The van der Waals surface area contributed by atoms with Crippen LogP contribution in [0.15, 0.2) is 101 Å². The third-order valence-corrected chi connectivity index (χ3v) is 7.39. The highest BCUT2D eigenvalue weighted by atomic mass is 32.2. The van der Waals surface area contributed by atoms with Crippen molar-refractivity contribution in [1.29, 1.82) is 0 Å². The second-order valence-electron chi connectivity index (χ2n) is 8.32. The summed E-state index contributed by atoms with van der Waals surface area (Å²) in [5.41, 5.74) is 5.78. The lowest BCUT2D eigenvalue weighted by atomic mass is 10.1. The van der Waals surface area contributed by atoms with Crippen LogP contribution in [0.25, 0.3) is 21.8 Å². The molecule has 0 saturated carbocycles. The molecule has 0 atom stereocenters. The maximum absolute atomic E-state index is 12.7. The van der Waals surface area contributed by atoms with Gasteiger partial charge >= 0.3 is 0 Å². The molecule has 0 spiro atoms. The van der Waals surface area contributed by atoms with E-state index in [1.807, 2.05) is 30.3 Å². The summed E-state index contributed by atoms with van der Waals surface area (Å²) in [7, 11) is -4.01. The lowest BCUT2D eigenvalue weighted by Crippen LogP contribution is -2.13. The van der Waals surface area contributed by atoms with E-state index >= 15 is 0 Å². The van der Waals surface area contributed by atoms with Crippen LogP contribution in [-0.4, -0.2) is 24.1 Å². The van der Waals surface area contributed by atoms with Crippen molar-refractivity contribution in [3.8, 4) is 0 Å². The molecule has 1 heterocycles. The molecule has 5 aromatic rings. The van der Waals surface area contributed by atoms with Gasteiger partial charge in [0.1, 0.15) is 5.69 Å². The number of nitro groups is 1. The van der Waals surface area contributed by atoms with Crippen molar-refractivity contribution in [3.63, 3.8) is 0 Å². The molecule has 0 unspecified atom stereocenters. The number of aromatic nitrogens is 1. The third-order valence-electron chi connectivity index (χ3n) is 6.01. The number of nitro benzene ring substituents is 1. The smallest absolute Gasteiger partial charge is 0.295 e. The SMILES string of the molecule is CCn1c2ccccc2c2cc(/C=N/Nc3ccc(S(=O)(=O)Nc4ccccc4)cc3[N+](=O)[O-])ccc21. The van der Waals surface area contributed by atoms with Crippen LogP contribution in [-0.2, 0) is 16.6 Å². The van der Waals surface area contributed by atoms with E-state index in [1.165, 1.54) is 12.1 Å². The van der Waals surface area contributed by atoms with Crippen LogP contribution >= 0.6 is 0 Å². The molecule has 0 aliphatic heterocycles. The Labute approximate surface area is 213 Å². The standard InChI is InChI=1S/C27H23N5O4S/c1-2-31-25-11-7-6-10-22(25)23-16-19(12-15-26(23)31)18-28-29-24-14-13-21(17-27(24)32(33)34)37(35,36)30-20-8-4-3-5-9-20/h3-18,29-30H,2H2,1H3/b28-18+. The Hall–Kier alpha value is -4.70. The van der Waals surface area contributed by atoms with Crippen LogP contribution in [0, 0.1) is 10.1 Å². The fraction of sp³-hybridized carbons (Fsp3) is 0.0741. The Balaban J connectivity index is 1.41. The lowest BCUT2D eigenvalue weighted by Gasteiger charge is -2.09. The second-order valence-corrected chi connectivity index (χ2v) is 10.00. The zero-order chi connectivity index (χ0) is 26.0. The average Bonchev–Trinajstić information content (AvgIpc) is 3.22. The first-order chi connectivity index (χ1) is 17.9. The highest BCUT2D eigenvalue weighted by Crippen LogP contribution is 2.30. The van der Waals surface area contributed by atoms with Gasteiger partial charge in [-0.1, -0.05) is 42.5 Å². The predicted octanol–water partition coefficient (Wildman–Crippen LogP) is 5.97. The van der Waals surface area contributed by atoms with Crippen molar-refractivity contribution in [3.05, 3.63) is 107 Å². The van der Waals surface area contributed by atoms with Gasteiger partial charge in [0, 0.05) is 40.1 Å². The largest absolute Gasteiger partial charge is 0.341 e. The fourth-order valence-corrected chi connectivity index (χ4v) is 5.39. The van der Waals surface area contributed by atoms with Crippen molar-refractivity contribution in [2.24, 2.45) is 5.10 Å². The minimum atomic E-state index is -4.01. The molecule has 10 heteroatoms. The van der Waals surface area contributed by atoms with Crippen molar-refractivity contribution in [2.45, 2.75) is 18.4 Å². The number of aryl methyl sites for hydroxylation is 1. The summed E-state index contributed by atoms with van der Waals surface area (Å²) in [6, 6.07) is 26.1. The summed E-state index contributed by atoms with van der Waals surface area (Å²) in [5.74, 6) is 0. The number of benzene rings is 4. The van der Waals surface area contributed by atoms with Crippen molar-refractivity contribution < 1.29 is 13.3 Å².